The first kappa shape index (κ1) is 88.2. The van der Waals surface area contributed by atoms with Crippen molar-refractivity contribution in [3.8, 4) is 0 Å². The van der Waals surface area contributed by atoms with Crippen molar-refractivity contribution in [1.29, 1.82) is 0 Å². The van der Waals surface area contributed by atoms with Crippen LogP contribution in [0.3, 0.4) is 0 Å². The molecule has 2 saturated carbocycles. The molecule has 0 saturated heterocycles. The molecule has 0 aliphatic heterocycles. The monoisotopic (exact) mass is 1120 g/mol. The van der Waals surface area contributed by atoms with Crippen molar-refractivity contribution in [1.82, 2.24) is 4.72 Å². The predicted molar refractivity (Wildman–Crippen MR) is 291 cm³/mol. The molecule has 0 spiro atoms. The summed E-state index contributed by atoms with van der Waals surface area (Å²) in [4.78, 5) is 0. The van der Waals surface area contributed by atoms with Gasteiger partial charge in [-0.3, -0.25) is 0 Å². The summed E-state index contributed by atoms with van der Waals surface area (Å²) in [6, 6.07) is 0.0115. The van der Waals surface area contributed by atoms with Gasteiger partial charge >= 0.3 is 21.1 Å². The number of hydrogen-bond acceptors (Lipinski definition) is 4. The van der Waals surface area contributed by atoms with Crippen LogP contribution < -0.4 is 4.72 Å². The van der Waals surface area contributed by atoms with E-state index in [1.165, 1.54) is 33.1 Å². The molecule has 0 heterocycles. The summed E-state index contributed by atoms with van der Waals surface area (Å²) >= 11 is 0. The van der Waals surface area contributed by atoms with Crippen LogP contribution in [-0.2, 0) is 40.6 Å². The van der Waals surface area contributed by atoms with Crippen molar-refractivity contribution >= 4 is 18.4 Å². The van der Waals surface area contributed by atoms with E-state index in [2.05, 4.69) is 150 Å². The summed E-state index contributed by atoms with van der Waals surface area (Å²) in [5.41, 5.74) is 0.773. The first-order valence-electron chi connectivity index (χ1n) is 23.9. The van der Waals surface area contributed by atoms with E-state index in [4.69, 9.17) is 9.47 Å². The number of nitrogens with one attached hydrogen (secondary N) is 1. The number of ether oxygens (including phenoxy) is 2. The average molecular weight is 1130 g/mol. The van der Waals surface area contributed by atoms with E-state index in [9.17, 15) is 17.2 Å². The molecule has 0 amide bonds. The van der Waals surface area contributed by atoms with Crippen LogP contribution in [0.15, 0.2) is 12.2 Å². The molecule has 0 bridgehead atoms. The van der Waals surface area contributed by atoms with Gasteiger partial charge in [0.05, 0.1) is 28.2 Å². The molecule has 65 heavy (non-hydrogen) atoms. The standard InChI is InChI=1S/C12H24O2.C10H18F2.C8H18.C7H15NO2S.3C5H12.CH4.2CH3.B.W/c1-11(2,3)13-9-7-8-10(9)14-12(4,5)6;1-8(2)6-5-7-10(11,12)9(3)4;1-7(2,3)8(4,5)6;1-6(2)8-11(9,10)7(3)4-5-7;3*1-4-5(2)3;;;;;/h9-10H,7-8H2,1-6H3;5,7-9H,6H2,1-4H3;1-6H3;6,8H,4-5H2,1-3H3;3*5H,4H2,1-3H3;1H4;2*1H3;;/q;;;;;;;;2*-1;;+2/b;7-5+;;;;;;;;;;/t9-,10-;;;;;;;;;;;/m1.........../s1. The largest absolute Gasteiger partial charge is 2.00 e. The normalized spacial score (nSPS) is 16.4. The molecule has 399 valence electrons. The SMILES string of the molecule is C.CC(C)(C)C(C)(C)C.CC(C)(C)O[C@@H]1CC[C@H]1OC(C)(C)C.CC(C)C/C=C/C(F)(F)C(C)C.CC(C)NS(=O)(=O)C1(C)CC1.CCC(C)C.CCC(C)C.CCC(C)C.[B].[CH3-].[CH3-].[W+2]. The molecule has 5 nitrogen and oxygen atoms in total. The smallest absolute Gasteiger partial charge is 0.370 e. The maximum Gasteiger partial charge on any atom is 2.00 e. The van der Waals surface area contributed by atoms with Crippen molar-refractivity contribution in [3.05, 3.63) is 27.0 Å². The van der Waals surface area contributed by atoms with Crippen LogP contribution in [0.1, 0.15) is 253 Å². The summed E-state index contributed by atoms with van der Waals surface area (Å²) in [6.07, 6.45) is 11.7. The molecule has 2 aliphatic rings. The zero-order chi connectivity index (χ0) is 49.3. The topological polar surface area (TPSA) is 64.6 Å². The number of allylic oxidation sites excluding steroid dienone is 2. The number of sulfonamides is 1. The Kier molecular flexibility index (Phi) is 55.4. The van der Waals surface area contributed by atoms with Crippen molar-refractivity contribution in [2.75, 3.05) is 0 Å². The van der Waals surface area contributed by atoms with Gasteiger partial charge in [-0.05, 0) is 135 Å². The van der Waals surface area contributed by atoms with Crippen LogP contribution in [0, 0.1) is 55.3 Å². The van der Waals surface area contributed by atoms with Gasteiger partial charge in [-0.2, -0.15) is 0 Å². The van der Waals surface area contributed by atoms with Crippen LogP contribution >= 0.6 is 0 Å². The van der Waals surface area contributed by atoms with Crippen LogP contribution in [0.2, 0.25) is 0 Å². The zero-order valence-corrected chi connectivity index (χ0v) is 52.5. The maximum atomic E-state index is 12.9. The van der Waals surface area contributed by atoms with Crippen molar-refractivity contribution < 1.29 is 47.7 Å². The Labute approximate surface area is 428 Å². The van der Waals surface area contributed by atoms with E-state index in [0.29, 0.717) is 29.0 Å². The van der Waals surface area contributed by atoms with Crippen LogP contribution in [0.4, 0.5) is 8.78 Å². The van der Waals surface area contributed by atoms with Gasteiger partial charge in [0.2, 0.25) is 10.0 Å². The minimum atomic E-state index is -3.04. The van der Waals surface area contributed by atoms with Gasteiger partial charge in [0, 0.05) is 20.4 Å². The van der Waals surface area contributed by atoms with E-state index in [1.807, 2.05) is 27.7 Å². The van der Waals surface area contributed by atoms with Gasteiger partial charge in [0.25, 0.3) is 5.92 Å². The molecular weight excluding hydrogens is 1000 g/mol. The molecule has 10 heteroatoms. The molecule has 0 aromatic carbocycles. The van der Waals surface area contributed by atoms with Crippen molar-refractivity contribution in [2.45, 2.75) is 293 Å². The van der Waals surface area contributed by atoms with Gasteiger partial charge < -0.3 is 24.3 Å². The van der Waals surface area contributed by atoms with E-state index >= 15 is 0 Å². The van der Waals surface area contributed by atoms with Gasteiger partial charge in [0.15, 0.2) is 0 Å². The second-order valence-electron chi connectivity index (χ2n) is 23.6. The molecule has 2 fully saturated rings. The fraction of sp³-hybridized carbons (Fsp3) is 0.927. The first-order valence-corrected chi connectivity index (χ1v) is 25.4. The molecule has 2 rings (SSSR count). The zero-order valence-electron chi connectivity index (χ0n) is 48.7. The third-order valence-corrected chi connectivity index (χ3v) is 13.1. The van der Waals surface area contributed by atoms with Crippen molar-refractivity contribution in [3.63, 3.8) is 0 Å². The van der Waals surface area contributed by atoms with E-state index in [0.717, 1.165) is 55.9 Å². The molecule has 1 N–H and O–H groups in total. The second-order valence-corrected chi connectivity index (χ2v) is 25.8. The number of hydrogen-bond donors (Lipinski definition) is 1. The molecule has 3 radical (unpaired) electrons. The van der Waals surface area contributed by atoms with Gasteiger partial charge in [-0.1, -0.05) is 164 Å². The van der Waals surface area contributed by atoms with Crippen molar-refractivity contribution in [2.24, 2.45) is 40.4 Å². The van der Waals surface area contributed by atoms with Crippen LogP contribution in [0.5, 0.6) is 0 Å². The average Bonchev–Trinajstić information content (AvgIpc) is 3.80. The molecule has 2 atom stereocenters. The van der Waals surface area contributed by atoms with Gasteiger partial charge in [0.1, 0.15) is 0 Å². The van der Waals surface area contributed by atoms with E-state index in [-0.39, 0.29) is 69.0 Å². The number of alkyl halides is 2. The Balaban J connectivity index is -0.0000000693. The van der Waals surface area contributed by atoms with Gasteiger partial charge in [-0.25, -0.2) is 21.9 Å². The maximum absolute atomic E-state index is 12.9. The second kappa shape index (κ2) is 40.9. The Morgan fingerprint density at radius 2 is 0.877 bits per heavy atom. The molecule has 0 unspecified atom stereocenters. The fourth-order valence-corrected chi connectivity index (χ4v) is 4.75. The number of halogens is 2. The Hall–Kier alpha value is 0.183. The van der Waals surface area contributed by atoms with E-state index in [1.54, 1.807) is 13.0 Å². The van der Waals surface area contributed by atoms with Crippen LogP contribution in [0.25, 0.3) is 0 Å². The Morgan fingerprint density at radius 1 is 0.615 bits per heavy atom. The van der Waals surface area contributed by atoms with Gasteiger partial charge in [-0.15, -0.1) is 0 Å². The number of rotatable bonds is 12. The predicted octanol–water partition coefficient (Wildman–Crippen LogP) is 18.3. The third kappa shape index (κ3) is 56.7. The summed E-state index contributed by atoms with van der Waals surface area (Å²) in [7, 11) is -3.04. The molecule has 0 aromatic rings. The minimum absolute atomic E-state index is 0. The first-order chi connectivity index (χ1) is 26.5. The molecule has 2 aliphatic carbocycles. The summed E-state index contributed by atoms with van der Waals surface area (Å²) in [5.74, 6) is -0.153. The quantitative estimate of drug-likeness (QED) is 0.120. The Morgan fingerprint density at radius 3 is 1.02 bits per heavy atom. The summed E-state index contributed by atoms with van der Waals surface area (Å²) < 4.78 is 62.6. The van der Waals surface area contributed by atoms with Crippen LogP contribution in [-0.4, -0.2) is 57.0 Å². The minimum Gasteiger partial charge on any atom is -0.370 e. The third-order valence-electron chi connectivity index (χ3n) is 10.6. The molecular formula is C55H121BF2NO4SW. The summed E-state index contributed by atoms with van der Waals surface area (Å²) in [6.45, 7) is 58.7. The fourth-order valence-electron chi connectivity index (χ4n) is 3.20. The summed E-state index contributed by atoms with van der Waals surface area (Å²) in [5, 5.41) is 0. The van der Waals surface area contributed by atoms with E-state index < -0.39 is 26.6 Å². The Bertz CT molecular complexity index is 1100. The molecule has 0 aromatic heterocycles.